The van der Waals surface area contributed by atoms with Crippen LogP contribution in [-0.2, 0) is 46.2 Å². The van der Waals surface area contributed by atoms with Crippen molar-refractivity contribution in [3.63, 3.8) is 0 Å². The van der Waals surface area contributed by atoms with E-state index in [-0.39, 0.29) is 52.2 Å². The summed E-state index contributed by atoms with van der Waals surface area (Å²) in [6, 6.07) is 10.9. The Morgan fingerprint density at radius 3 is 2.38 bits per heavy atom. The number of carbonyl (C=O) groups is 7. The first kappa shape index (κ1) is 45.2. The van der Waals surface area contributed by atoms with Crippen LogP contribution in [0.1, 0.15) is 74.4 Å². The first-order valence-corrected chi connectivity index (χ1v) is 21.4. The molecule has 3 aromatic rings. The lowest BCUT2D eigenvalue weighted by molar-refractivity contribution is -0.249. The van der Waals surface area contributed by atoms with E-state index < -0.39 is 143 Å². The second kappa shape index (κ2) is 17.6. The average Bonchev–Trinajstić information content (AvgIpc) is 3.28. The third-order valence-corrected chi connectivity index (χ3v) is 13.6. The van der Waals surface area contributed by atoms with Gasteiger partial charge in [0.2, 0.25) is 11.7 Å². The van der Waals surface area contributed by atoms with Gasteiger partial charge < -0.3 is 60.2 Å². The van der Waals surface area contributed by atoms with Crippen LogP contribution >= 0.6 is 11.8 Å². The molecule has 2 aliphatic carbocycles. The van der Waals surface area contributed by atoms with Gasteiger partial charge in [0.15, 0.2) is 17.9 Å². The Labute approximate surface area is 373 Å². The molecule has 21 heteroatoms. The van der Waals surface area contributed by atoms with Crippen molar-refractivity contribution < 1.29 is 83.1 Å². The molecule has 8 atom stereocenters. The van der Waals surface area contributed by atoms with Crippen LogP contribution in [0, 0.1) is 0 Å². The number of phenolic OH excluding ortho intramolecular Hbond substituents is 2. The Morgan fingerprint density at radius 1 is 0.969 bits per heavy atom. The fraction of sp³-hybridized carbons (Fsp3) is 0.386. The smallest absolute Gasteiger partial charge is 0.407 e. The van der Waals surface area contributed by atoms with Gasteiger partial charge in [-0.15, -0.1) is 11.8 Å². The normalized spacial score (nSPS) is 26.8. The quantitative estimate of drug-likeness (QED) is 0.0718. The minimum absolute atomic E-state index is 0.0159. The van der Waals surface area contributed by atoms with Crippen LogP contribution in [0.15, 0.2) is 59.8 Å². The third-order valence-electron chi connectivity index (χ3n) is 12.2. The molecule has 342 valence electrons. The highest BCUT2D eigenvalue weighted by Crippen LogP contribution is 2.52. The first-order valence-electron chi connectivity index (χ1n) is 20.4. The van der Waals surface area contributed by atoms with E-state index in [4.69, 9.17) is 18.9 Å². The fourth-order valence-corrected chi connectivity index (χ4v) is 10.3. The van der Waals surface area contributed by atoms with Crippen LogP contribution in [-0.4, -0.2) is 144 Å². The van der Waals surface area contributed by atoms with Crippen LogP contribution in [0.5, 0.6) is 17.2 Å². The van der Waals surface area contributed by atoms with Crippen molar-refractivity contribution >= 4 is 53.0 Å². The molecule has 0 radical (unpaired) electrons. The number of rotatable bonds is 12. The second-order valence-corrected chi connectivity index (χ2v) is 17.3. The maximum Gasteiger partial charge on any atom is 0.407 e. The highest BCUT2D eigenvalue weighted by Gasteiger charge is 2.55. The number of carboxylic acid groups (broad SMARTS) is 1. The van der Waals surface area contributed by atoms with E-state index in [2.05, 4.69) is 10.6 Å². The number of thioether (sulfide) groups is 1. The lowest BCUT2D eigenvalue weighted by Crippen LogP contribution is -2.70. The number of ketones is 3. The minimum atomic E-state index is -2.42. The molecular weight excluding hydrogens is 875 g/mol. The minimum Gasteiger partial charge on any atom is -0.507 e. The van der Waals surface area contributed by atoms with Crippen molar-refractivity contribution in [3.05, 3.63) is 98.7 Å². The van der Waals surface area contributed by atoms with Gasteiger partial charge in [0.25, 0.3) is 5.91 Å². The summed E-state index contributed by atoms with van der Waals surface area (Å²) in [5.41, 5.74) is -4.05. The van der Waals surface area contributed by atoms with Gasteiger partial charge in [-0.1, -0.05) is 42.5 Å². The van der Waals surface area contributed by atoms with Crippen molar-refractivity contribution in [2.45, 2.75) is 80.3 Å². The van der Waals surface area contributed by atoms with E-state index in [1.807, 2.05) is 0 Å². The van der Waals surface area contributed by atoms with Crippen molar-refractivity contribution in [2.75, 3.05) is 26.1 Å². The highest BCUT2D eigenvalue weighted by atomic mass is 32.2. The number of carbonyl (C=O) groups excluding carboxylic acids is 6. The molecule has 0 bridgehead atoms. The molecule has 0 aromatic heterocycles. The number of nitrogens with zero attached hydrogens (tertiary/aromatic N) is 1. The van der Waals surface area contributed by atoms with Gasteiger partial charge in [-0.05, 0) is 18.6 Å². The molecular formula is C44H43N3O17S. The number of hydrogen-bond donors (Lipinski definition) is 8. The Bertz CT molecular complexity index is 2570. The van der Waals surface area contributed by atoms with E-state index >= 15 is 0 Å². The Morgan fingerprint density at radius 2 is 1.69 bits per heavy atom. The van der Waals surface area contributed by atoms with Crippen LogP contribution in [0.25, 0.3) is 0 Å². The first-order chi connectivity index (χ1) is 31.0. The number of β-lactam (4-membered cyclic amide) rings is 1. The van der Waals surface area contributed by atoms with E-state index in [1.165, 1.54) is 44.0 Å². The molecule has 8 rings (SSSR count). The maximum absolute atomic E-state index is 14.0. The van der Waals surface area contributed by atoms with Crippen LogP contribution in [0.4, 0.5) is 4.79 Å². The van der Waals surface area contributed by atoms with Crippen LogP contribution < -0.4 is 15.4 Å². The number of methoxy groups -OCH3 is 1. The number of aliphatic carboxylic acids is 1. The monoisotopic (exact) mass is 917 g/mol. The number of fused-ring (bicyclic) bond motifs is 4. The molecule has 2 saturated heterocycles. The molecule has 8 N–H and O–H groups in total. The summed E-state index contributed by atoms with van der Waals surface area (Å²) in [4.78, 5) is 93.3. The topological polar surface area (TPSA) is 305 Å². The van der Waals surface area contributed by atoms with Crippen molar-refractivity contribution in [1.82, 2.24) is 15.5 Å². The third kappa shape index (κ3) is 7.97. The highest BCUT2D eigenvalue weighted by molar-refractivity contribution is 8.00. The summed E-state index contributed by atoms with van der Waals surface area (Å²) in [6.45, 7) is -0.265. The van der Waals surface area contributed by atoms with Gasteiger partial charge in [0, 0.05) is 47.3 Å². The number of ether oxygens (including phenoxy) is 4. The SMILES string of the molecule is COc1cccc2c1C(=O)c1c(O)c3c(c(O)c1C2=O)C[C@@](O)(C(=O)CO)C[C@@H]3OC1CC(NC(=O)OCC2=C(C(=O)O)N3C(=O)C(NC(=O)Cc4ccccc4)C3SC2)C(O)C(C)O1. The summed E-state index contributed by atoms with van der Waals surface area (Å²) in [7, 11) is 1.28. The number of aliphatic hydroxyl groups is 3. The summed E-state index contributed by atoms with van der Waals surface area (Å²) in [5, 5.41) is 70.5. The molecule has 3 aromatic carbocycles. The largest absolute Gasteiger partial charge is 0.507 e. The molecule has 0 saturated carbocycles. The zero-order chi connectivity index (χ0) is 46.6. The molecule has 3 heterocycles. The molecule has 0 spiro atoms. The molecule has 3 aliphatic heterocycles. The van der Waals surface area contributed by atoms with Crippen molar-refractivity contribution in [3.8, 4) is 17.2 Å². The number of alkyl carbamates (subject to hydrolysis) is 1. The Hall–Kier alpha value is -6.36. The zero-order valence-corrected chi connectivity index (χ0v) is 35.5. The van der Waals surface area contributed by atoms with Gasteiger partial charge >= 0.3 is 12.1 Å². The molecule has 6 unspecified atom stereocenters. The summed E-state index contributed by atoms with van der Waals surface area (Å²) < 4.78 is 22.8. The van der Waals surface area contributed by atoms with E-state index in [9.17, 15) is 64.2 Å². The number of carboxylic acids is 1. The number of nitrogens with one attached hydrogen (secondary N) is 2. The number of Topliss-reactive ketones (excluding diaryl/α,β-unsaturated/α-hetero) is 1. The lowest BCUT2D eigenvalue weighted by Gasteiger charge is -2.49. The summed E-state index contributed by atoms with van der Waals surface area (Å²) >= 11 is 1.17. The fourth-order valence-electron chi connectivity index (χ4n) is 9.00. The molecule has 20 nitrogen and oxygen atoms in total. The maximum atomic E-state index is 14.0. The standard InChI is InChI=1S/C44H43N3O17S/c1-18-35(51)23(45-43(59)62-16-20-17-65-41-33(40(56)47(41)34(20)42(57)58)46-27(50)11-19-7-4-3-5-8-19)12-28(63-18)64-25-14-44(60,26(49)15-48)13-22-30(25)39(55)32-31(37(22)53)36(52)21-9-6-10-24(61-2)29(21)38(32)54/h3-10,18,23,25,28,33,35,41,48,51,53,55,60H,11-17H2,1-2H3,(H,45,59)(H,46,50)(H,57,58)/t18?,23?,25-,28?,33?,35?,41?,44-/m0/s1. The van der Waals surface area contributed by atoms with Gasteiger partial charge in [-0.25, -0.2) is 9.59 Å². The molecule has 3 amide bonds. The number of aliphatic hydroxyl groups excluding tert-OH is 2. The molecule has 65 heavy (non-hydrogen) atoms. The Balaban J connectivity index is 0.984. The average molecular weight is 918 g/mol. The van der Waals surface area contributed by atoms with Crippen LogP contribution in [0.3, 0.4) is 0 Å². The number of amides is 3. The number of hydrogen-bond acceptors (Lipinski definition) is 17. The molecule has 2 fully saturated rings. The van der Waals surface area contributed by atoms with E-state index in [1.54, 1.807) is 30.3 Å². The van der Waals surface area contributed by atoms with Crippen LogP contribution in [0.2, 0.25) is 0 Å². The van der Waals surface area contributed by atoms with E-state index in [0.29, 0.717) is 0 Å². The van der Waals surface area contributed by atoms with Gasteiger partial charge in [-0.3, -0.25) is 28.9 Å². The summed E-state index contributed by atoms with van der Waals surface area (Å²) in [6.07, 6.45) is -8.20. The van der Waals surface area contributed by atoms with Crippen molar-refractivity contribution in [1.29, 1.82) is 0 Å². The number of phenols is 2. The zero-order valence-electron chi connectivity index (χ0n) is 34.6. The van der Waals surface area contributed by atoms with E-state index in [0.717, 1.165) is 10.5 Å². The van der Waals surface area contributed by atoms with Crippen molar-refractivity contribution in [2.24, 2.45) is 0 Å². The summed E-state index contributed by atoms with van der Waals surface area (Å²) in [5.74, 6) is -6.89. The number of benzene rings is 3. The Kier molecular flexibility index (Phi) is 12.2. The molecule has 5 aliphatic rings. The predicted molar refractivity (Wildman–Crippen MR) is 222 cm³/mol. The van der Waals surface area contributed by atoms with Gasteiger partial charge in [0.1, 0.15) is 59.3 Å². The van der Waals surface area contributed by atoms with Gasteiger partial charge in [0.05, 0.1) is 48.5 Å². The second-order valence-electron chi connectivity index (χ2n) is 16.2. The predicted octanol–water partition coefficient (Wildman–Crippen LogP) is 0.750. The number of aromatic hydroxyl groups is 2. The lowest BCUT2D eigenvalue weighted by atomic mass is 9.72. The van der Waals surface area contributed by atoms with Gasteiger partial charge in [-0.2, -0.15) is 0 Å².